The van der Waals surface area contributed by atoms with E-state index in [1.807, 2.05) is 30.4 Å². The summed E-state index contributed by atoms with van der Waals surface area (Å²) < 4.78 is 68.2. The first-order chi connectivity index (χ1) is 48.7. The van der Waals surface area contributed by atoms with Gasteiger partial charge in [-0.05, 0) is 148 Å². The van der Waals surface area contributed by atoms with Crippen LogP contribution in [-0.4, -0.2) is 96.7 Å². The van der Waals surface area contributed by atoms with E-state index < -0.39 is 97.5 Å². The lowest BCUT2D eigenvalue weighted by molar-refractivity contribution is -0.161. The van der Waals surface area contributed by atoms with Gasteiger partial charge in [0.05, 0.1) is 32.8 Å². The van der Waals surface area contributed by atoms with Gasteiger partial charge in [0.2, 0.25) is 0 Å². The Bertz CT molecular complexity index is 2570. The van der Waals surface area contributed by atoms with Crippen molar-refractivity contribution in [3.63, 3.8) is 0 Å². The molecule has 0 bridgehead atoms. The van der Waals surface area contributed by atoms with E-state index in [1.54, 1.807) is 6.08 Å². The second kappa shape index (κ2) is 71.8. The third kappa shape index (κ3) is 70.8. The first-order valence-electron chi connectivity index (χ1n) is 37.4. The number of phosphoric ester groups is 2. The molecule has 0 aliphatic heterocycles. The molecule has 0 aromatic rings. The van der Waals surface area contributed by atoms with Gasteiger partial charge in [0, 0.05) is 19.3 Å². The minimum absolute atomic E-state index is 0.0517. The Morgan fingerprint density at radius 2 is 0.590 bits per heavy atom. The molecular formula is C81H130O17P2. The lowest BCUT2D eigenvalue weighted by atomic mass is 10.1. The van der Waals surface area contributed by atoms with Gasteiger partial charge in [0.25, 0.3) is 0 Å². The first kappa shape index (κ1) is 94.4. The van der Waals surface area contributed by atoms with Crippen LogP contribution in [0.4, 0.5) is 0 Å². The zero-order valence-corrected chi connectivity index (χ0v) is 63.3. The van der Waals surface area contributed by atoms with Crippen molar-refractivity contribution in [2.45, 2.75) is 277 Å². The summed E-state index contributed by atoms with van der Waals surface area (Å²) in [5.41, 5.74) is 0. The Balaban J connectivity index is 5.50. The number of aliphatic hydroxyl groups excluding tert-OH is 1. The summed E-state index contributed by atoms with van der Waals surface area (Å²) >= 11 is 0. The Hall–Kier alpha value is -5.58. The van der Waals surface area contributed by atoms with Crippen LogP contribution in [0.2, 0.25) is 0 Å². The van der Waals surface area contributed by atoms with Gasteiger partial charge in [-0.15, -0.1) is 0 Å². The monoisotopic (exact) mass is 1440 g/mol. The van der Waals surface area contributed by atoms with Crippen molar-refractivity contribution in [3.8, 4) is 0 Å². The molecule has 0 aromatic carbocycles. The van der Waals surface area contributed by atoms with Crippen LogP contribution in [0, 0.1) is 0 Å². The predicted octanol–water partition coefficient (Wildman–Crippen LogP) is 21.4. The summed E-state index contributed by atoms with van der Waals surface area (Å²) in [6.45, 7) is 4.30. The van der Waals surface area contributed by atoms with Gasteiger partial charge < -0.3 is 33.8 Å². The van der Waals surface area contributed by atoms with E-state index in [0.29, 0.717) is 32.1 Å². The number of unbranched alkanes of at least 4 members (excludes halogenated alkanes) is 15. The molecule has 0 aromatic heterocycles. The first-order valence-corrected chi connectivity index (χ1v) is 40.4. The average Bonchev–Trinajstić information content (AvgIpc) is 1.06. The van der Waals surface area contributed by atoms with Gasteiger partial charge in [-0.2, -0.15) is 0 Å². The van der Waals surface area contributed by atoms with Crippen molar-refractivity contribution < 1.29 is 80.2 Å². The molecule has 3 N–H and O–H groups in total. The minimum atomic E-state index is -5.01. The lowest BCUT2D eigenvalue weighted by Crippen LogP contribution is -2.30. The molecule has 0 saturated carbocycles. The van der Waals surface area contributed by atoms with Crippen LogP contribution in [0.5, 0.6) is 0 Å². The normalized spacial score (nSPS) is 14.9. The molecular weight excluding hydrogens is 1310 g/mol. The second-order valence-electron chi connectivity index (χ2n) is 24.1. The van der Waals surface area contributed by atoms with Gasteiger partial charge in [0.1, 0.15) is 19.3 Å². The Morgan fingerprint density at radius 3 is 0.960 bits per heavy atom. The number of phosphoric acid groups is 2. The maximum Gasteiger partial charge on any atom is 0.472 e. The molecule has 0 amide bonds. The number of rotatable bonds is 68. The lowest BCUT2D eigenvalue weighted by Gasteiger charge is -2.21. The van der Waals surface area contributed by atoms with Crippen molar-refractivity contribution in [1.29, 1.82) is 0 Å². The van der Waals surface area contributed by atoms with Crippen molar-refractivity contribution in [2.24, 2.45) is 0 Å². The van der Waals surface area contributed by atoms with Crippen LogP contribution in [0.25, 0.3) is 0 Å². The molecule has 0 rings (SSSR count). The molecule has 19 heteroatoms. The molecule has 5 atom stereocenters. The fourth-order valence-electron chi connectivity index (χ4n) is 9.04. The highest BCUT2D eigenvalue weighted by Gasteiger charge is 2.30. The number of aliphatic hydroxyl groups is 1. The summed E-state index contributed by atoms with van der Waals surface area (Å²) in [4.78, 5) is 72.7. The van der Waals surface area contributed by atoms with Crippen LogP contribution in [0.3, 0.4) is 0 Å². The molecule has 17 nitrogen and oxygen atoms in total. The van der Waals surface area contributed by atoms with Gasteiger partial charge in [0.15, 0.2) is 12.2 Å². The molecule has 5 unspecified atom stereocenters. The number of hydrogen-bond donors (Lipinski definition) is 3. The fraction of sp³-hybridized carbons (Fsp3) is 0.605. The number of allylic oxidation sites excluding steroid dienone is 27. The van der Waals surface area contributed by atoms with E-state index in [9.17, 15) is 43.2 Å². The summed E-state index contributed by atoms with van der Waals surface area (Å²) in [5, 5.41) is 10.6. The molecule has 100 heavy (non-hydrogen) atoms. The molecule has 0 heterocycles. The number of ether oxygens (including phenoxy) is 4. The maximum atomic E-state index is 13.1. The second-order valence-corrected chi connectivity index (χ2v) is 27.0. The number of carbonyl (C=O) groups excluding carboxylic acids is 4. The van der Waals surface area contributed by atoms with Gasteiger partial charge in [-0.3, -0.25) is 37.3 Å². The summed E-state index contributed by atoms with van der Waals surface area (Å²) in [7, 11) is -10.0. The fourth-order valence-corrected chi connectivity index (χ4v) is 10.6. The Kier molecular flexibility index (Phi) is 67.8. The average molecular weight is 1440 g/mol. The van der Waals surface area contributed by atoms with E-state index in [2.05, 4.69) is 161 Å². The van der Waals surface area contributed by atoms with Crippen LogP contribution in [0.15, 0.2) is 170 Å². The van der Waals surface area contributed by atoms with Crippen LogP contribution in [0.1, 0.15) is 259 Å². The predicted molar refractivity (Wildman–Crippen MR) is 408 cm³/mol. The van der Waals surface area contributed by atoms with Gasteiger partial charge >= 0.3 is 39.5 Å². The third-order valence-corrected chi connectivity index (χ3v) is 16.6. The highest BCUT2D eigenvalue weighted by atomic mass is 31.2. The van der Waals surface area contributed by atoms with Crippen molar-refractivity contribution in [1.82, 2.24) is 0 Å². The topological polar surface area (TPSA) is 237 Å². The minimum Gasteiger partial charge on any atom is -0.462 e. The summed E-state index contributed by atoms with van der Waals surface area (Å²) in [5.74, 6) is -2.44. The molecule has 566 valence electrons. The highest BCUT2D eigenvalue weighted by Crippen LogP contribution is 2.45. The smallest absolute Gasteiger partial charge is 0.462 e. The van der Waals surface area contributed by atoms with Crippen molar-refractivity contribution >= 4 is 39.5 Å². The Labute approximate surface area is 603 Å². The maximum absolute atomic E-state index is 13.1. The zero-order chi connectivity index (χ0) is 73.2. The van der Waals surface area contributed by atoms with Crippen LogP contribution in [-0.2, 0) is 65.4 Å². The van der Waals surface area contributed by atoms with E-state index in [-0.39, 0.29) is 25.7 Å². The van der Waals surface area contributed by atoms with Gasteiger partial charge in [-0.1, -0.05) is 256 Å². The van der Waals surface area contributed by atoms with E-state index in [0.717, 1.165) is 154 Å². The molecule has 0 aliphatic carbocycles. The summed E-state index contributed by atoms with van der Waals surface area (Å²) in [6.07, 6.45) is 83.9. The third-order valence-electron chi connectivity index (χ3n) is 14.7. The largest absolute Gasteiger partial charge is 0.472 e. The number of hydrogen-bond acceptors (Lipinski definition) is 15. The van der Waals surface area contributed by atoms with Crippen LogP contribution >= 0.6 is 15.6 Å². The van der Waals surface area contributed by atoms with Crippen LogP contribution < -0.4 is 0 Å². The molecule has 0 fully saturated rings. The Morgan fingerprint density at radius 1 is 0.300 bits per heavy atom. The molecule has 0 spiro atoms. The molecule has 0 saturated heterocycles. The van der Waals surface area contributed by atoms with Crippen molar-refractivity contribution in [2.75, 3.05) is 39.6 Å². The molecule has 0 aliphatic rings. The number of carbonyl (C=O) groups is 4. The SMILES string of the molecule is CC/C=C\C/C=C\C/C=C\C/C=C\C/C=C\CCCC(=O)OCC(COP(=O)(O)OCC(O)COP(=O)(O)OCC(COC(=O)C/C=C\C/C=C\C/C=C\C/C=C\C/C=C\CC)OC(=O)CCCCCCC/C=C\C/C=C\CCC)OC(=O)CCCCCCC/C=C\C/C=C\CCCCC. The molecule has 0 radical (unpaired) electrons. The van der Waals surface area contributed by atoms with Gasteiger partial charge in [-0.25, -0.2) is 9.13 Å². The number of esters is 4. The van der Waals surface area contributed by atoms with Crippen molar-refractivity contribution in [3.05, 3.63) is 170 Å². The van der Waals surface area contributed by atoms with E-state index >= 15 is 0 Å². The van der Waals surface area contributed by atoms with E-state index in [4.69, 9.17) is 37.0 Å². The van der Waals surface area contributed by atoms with E-state index in [1.165, 1.54) is 19.3 Å². The zero-order valence-electron chi connectivity index (χ0n) is 61.5. The quantitative estimate of drug-likeness (QED) is 0.0169. The standard InChI is InChI=1S/C81H130O17P2/c1-5-9-13-17-21-25-29-33-36-37-40-43-46-50-54-58-62-66-79(84)92-72-77(98-81(86)68-64-60-56-52-48-44-39-35-31-27-23-19-15-11-7-3)74-96-100(89,90)94-70-75(82)69-93-99(87,88)95-73-76(97-80(85)67-63-59-55-51-47-41-32-28-24-20-16-12-8-4)71-91-78(83)65-61-57-53-49-45-42-38-34-30-26-22-18-14-10-6-2/h9-10,13-14,16,20-23,25-28,32-36,38-40,43,45,49-50,54,57,61,75-77,82H,5-8,11-12,15,17-19,24,29-31,37,41-42,44,46-48,51-53,55-56,58-60,62-74H2,1-4H3,(H,87,88)(H,89,90)/b13-9-,14-10-,20-16-,25-21-,26-22-,27-23-,32-28-,36-33-,38-34-,39-35-,43-40-,49-45-,54-50-,61-57-. The summed E-state index contributed by atoms with van der Waals surface area (Å²) in [6, 6.07) is 0. The highest BCUT2D eigenvalue weighted by molar-refractivity contribution is 7.47.